The number of esters is 1. The van der Waals surface area contributed by atoms with Gasteiger partial charge in [0.1, 0.15) is 11.5 Å². The van der Waals surface area contributed by atoms with E-state index in [9.17, 15) is 4.79 Å². The van der Waals surface area contributed by atoms with Crippen LogP contribution in [-0.2, 0) is 0 Å². The Morgan fingerprint density at radius 2 is 1.65 bits per heavy atom. The maximum Gasteiger partial charge on any atom is 0.343 e. The molecule has 0 bridgehead atoms. The molecule has 0 spiro atoms. The fourth-order valence-corrected chi connectivity index (χ4v) is 1.60. The topological polar surface area (TPSA) is 73.9 Å². The number of hydrogen-bond acceptors (Lipinski definition) is 5. The zero-order valence-corrected chi connectivity index (χ0v) is 10.9. The van der Waals surface area contributed by atoms with Crippen LogP contribution in [0, 0.1) is 0 Å². The van der Waals surface area contributed by atoms with E-state index in [0.29, 0.717) is 17.1 Å². The Balaban J connectivity index is 2.06. The van der Waals surface area contributed by atoms with Crippen LogP contribution >= 0.6 is 0 Å². The van der Waals surface area contributed by atoms with Gasteiger partial charge in [0, 0.05) is 0 Å². The van der Waals surface area contributed by atoms with Gasteiger partial charge in [-0.25, -0.2) is 4.79 Å². The normalized spacial score (nSPS) is 10.4. The number of rotatable bonds is 4. The first-order valence-electron chi connectivity index (χ1n) is 5.92. The standard InChI is InChI=1S/C15H14N2O3/c1-19-13-8-4-12(5-9-13)15(18)20-14-6-2-11(3-7-14)10-17-16/h2-10H,16H2,1H3. The maximum atomic E-state index is 11.9. The number of ether oxygens (including phenoxy) is 2. The number of nitrogens with zero attached hydrogens (tertiary/aromatic N) is 1. The van der Waals surface area contributed by atoms with Gasteiger partial charge in [-0.3, -0.25) is 0 Å². The molecule has 0 heterocycles. The quantitative estimate of drug-likeness (QED) is 0.304. The van der Waals surface area contributed by atoms with Crippen LogP contribution in [0.5, 0.6) is 11.5 Å². The molecule has 2 rings (SSSR count). The van der Waals surface area contributed by atoms with E-state index in [1.807, 2.05) is 0 Å². The van der Waals surface area contributed by atoms with Gasteiger partial charge in [-0.2, -0.15) is 5.10 Å². The lowest BCUT2D eigenvalue weighted by Gasteiger charge is -2.05. The number of hydrazone groups is 1. The Morgan fingerprint density at radius 1 is 1.05 bits per heavy atom. The van der Waals surface area contributed by atoms with E-state index >= 15 is 0 Å². The van der Waals surface area contributed by atoms with Gasteiger partial charge in [-0.1, -0.05) is 0 Å². The summed E-state index contributed by atoms with van der Waals surface area (Å²) in [7, 11) is 1.57. The highest BCUT2D eigenvalue weighted by molar-refractivity contribution is 5.91. The van der Waals surface area contributed by atoms with Crippen molar-refractivity contribution in [2.24, 2.45) is 10.9 Å². The molecule has 0 radical (unpaired) electrons. The third-order valence-corrected chi connectivity index (χ3v) is 2.64. The molecule has 5 nitrogen and oxygen atoms in total. The average Bonchev–Trinajstić information content (AvgIpc) is 2.49. The summed E-state index contributed by atoms with van der Waals surface area (Å²) in [6, 6.07) is 13.6. The molecule has 102 valence electrons. The second kappa shape index (κ2) is 6.38. The summed E-state index contributed by atoms with van der Waals surface area (Å²) in [6.07, 6.45) is 1.51. The molecule has 0 fully saturated rings. The Labute approximate surface area is 116 Å². The lowest BCUT2D eigenvalue weighted by Crippen LogP contribution is -2.08. The van der Waals surface area contributed by atoms with Gasteiger partial charge < -0.3 is 15.3 Å². The molecule has 2 aromatic carbocycles. The van der Waals surface area contributed by atoms with Gasteiger partial charge >= 0.3 is 5.97 Å². The van der Waals surface area contributed by atoms with Crippen LogP contribution in [0.15, 0.2) is 53.6 Å². The van der Waals surface area contributed by atoms with Crippen molar-refractivity contribution < 1.29 is 14.3 Å². The SMILES string of the molecule is COc1ccc(C(=O)Oc2ccc(C=NN)cc2)cc1. The number of methoxy groups -OCH3 is 1. The van der Waals surface area contributed by atoms with Crippen molar-refractivity contribution in [2.75, 3.05) is 7.11 Å². The van der Waals surface area contributed by atoms with Crippen LogP contribution in [0.25, 0.3) is 0 Å². The minimum atomic E-state index is -0.423. The molecule has 2 aromatic rings. The maximum absolute atomic E-state index is 11.9. The number of carbonyl (C=O) groups excluding carboxylic acids is 1. The third-order valence-electron chi connectivity index (χ3n) is 2.64. The zero-order chi connectivity index (χ0) is 14.4. The minimum Gasteiger partial charge on any atom is -0.497 e. The second-order valence-corrected chi connectivity index (χ2v) is 3.97. The molecule has 0 atom stereocenters. The van der Waals surface area contributed by atoms with Crippen molar-refractivity contribution >= 4 is 12.2 Å². The van der Waals surface area contributed by atoms with Gasteiger partial charge in [-0.15, -0.1) is 0 Å². The highest BCUT2D eigenvalue weighted by atomic mass is 16.5. The molecular formula is C15H14N2O3. The van der Waals surface area contributed by atoms with E-state index < -0.39 is 5.97 Å². The zero-order valence-electron chi connectivity index (χ0n) is 10.9. The lowest BCUT2D eigenvalue weighted by atomic mass is 10.2. The van der Waals surface area contributed by atoms with Crippen molar-refractivity contribution in [3.63, 3.8) is 0 Å². The van der Waals surface area contributed by atoms with Gasteiger partial charge in [0.25, 0.3) is 0 Å². The second-order valence-electron chi connectivity index (χ2n) is 3.97. The molecule has 0 aliphatic heterocycles. The van der Waals surface area contributed by atoms with Crippen molar-refractivity contribution in [1.82, 2.24) is 0 Å². The fraction of sp³-hybridized carbons (Fsp3) is 0.0667. The summed E-state index contributed by atoms with van der Waals surface area (Å²) < 4.78 is 10.3. The Kier molecular flexibility index (Phi) is 4.34. The Morgan fingerprint density at radius 3 is 2.20 bits per heavy atom. The molecule has 20 heavy (non-hydrogen) atoms. The molecule has 0 amide bonds. The van der Waals surface area contributed by atoms with Crippen molar-refractivity contribution in [3.05, 3.63) is 59.7 Å². The van der Waals surface area contributed by atoms with E-state index in [1.54, 1.807) is 55.6 Å². The highest BCUT2D eigenvalue weighted by Crippen LogP contribution is 2.16. The smallest absolute Gasteiger partial charge is 0.343 e. The van der Waals surface area contributed by atoms with Gasteiger partial charge in [0.2, 0.25) is 0 Å². The van der Waals surface area contributed by atoms with Crippen LogP contribution in [0.2, 0.25) is 0 Å². The first-order valence-corrected chi connectivity index (χ1v) is 5.92. The van der Waals surface area contributed by atoms with Crippen molar-refractivity contribution in [3.8, 4) is 11.5 Å². The van der Waals surface area contributed by atoms with Crippen molar-refractivity contribution in [1.29, 1.82) is 0 Å². The van der Waals surface area contributed by atoms with Crippen LogP contribution in [-0.4, -0.2) is 19.3 Å². The van der Waals surface area contributed by atoms with E-state index in [2.05, 4.69) is 5.10 Å². The summed E-state index contributed by atoms with van der Waals surface area (Å²) in [5, 5.41) is 3.42. The van der Waals surface area contributed by atoms with Gasteiger partial charge in [0.05, 0.1) is 18.9 Å². The summed E-state index contributed by atoms with van der Waals surface area (Å²) in [6.45, 7) is 0. The molecular weight excluding hydrogens is 256 g/mol. The predicted molar refractivity (Wildman–Crippen MR) is 76.2 cm³/mol. The summed E-state index contributed by atoms with van der Waals surface area (Å²) in [4.78, 5) is 11.9. The van der Waals surface area contributed by atoms with Gasteiger partial charge in [-0.05, 0) is 54.1 Å². The number of carbonyl (C=O) groups is 1. The molecule has 0 aliphatic carbocycles. The predicted octanol–water partition coefficient (Wildman–Crippen LogP) is 2.21. The Hall–Kier alpha value is -2.82. The van der Waals surface area contributed by atoms with Crippen LogP contribution in [0.1, 0.15) is 15.9 Å². The lowest BCUT2D eigenvalue weighted by molar-refractivity contribution is 0.0734. The van der Waals surface area contributed by atoms with Crippen molar-refractivity contribution in [2.45, 2.75) is 0 Å². The number of benzene rings is 2. The third kappa shape index (κ3) is 3.35. The number of hydrogen-bond donors (Lipinski definition) is 1. The molecule has 0 aliphatic rings. The average molecular weight is 270 g/mol. The first-order chi connectivity index (χ1) is 9.72. The molecule has 0 unspecified atom stereocenters. The molecule has 0 saturated carbocycles. The number of nitrogens with two attached hydrogens (primary N) is 1. The Bertz CT molecular complexity index is 604. The van der Waals surface area contributed by atoms with Crippen LogP contribution in [0.4, 0.5) is 0 Å². The molecule has 0 aromatic heterocycles. The van der Waals surface area contributed by atoms with Crippen LogP contribution < -0.4 is 15.3 Å². The minimum absolute atomic E-state index is 0.423. The fourth-order valence-electron chi connectivity index (χ4n) is 1.60. The summed E-state index contributed by atoms with van der Waals surface area (Å²) in [5.74, 6) is 5.77. The molecule has 5 heteroatoms. The molecule has 2 N–H and O–H groups in total. The molecule has 0 saturated heterocycles. The van der Waals surface area contributed by atoms with Crippen LogP contribution in [0.3, 0.4) is 0 Å². The highest BCUT2D eigenvalue weighted by Gasteiger charge is 2.08. The van der Waals surface area contributed by atoms with Gasteiger partial charge in [0.15, 0.2) is 0 Å². The summed E-state index contributed by atoms with van der Waals surface area (Å²) >= 11 is 0. The first kappa shape index (κ1) is 13.6. The van der Waals surface area contributed by atoms with E-state index in [4.69, 9.17) is 15.3 Å². The summed E-state index contributed by atoms with van der Waals surface area (Å²) in [5.41, 5.74) is 1.29. The van der Waals surface area contributed by atoms with E-state index in [1.165, 1.54) is 6.21 Å². The van der Waals surface area contributed by atoms with E-state index in [0.717, 1.165) is 5.56 Å². The van der Waals surface area contributed by atoms with E-state index in [-0.39, 0.29) is 0 Å². The monoisotopic (exact) mass is 270 g/mol. The largest absolute Gasteiger partial charge is 0.497 e.